The van der Waals surface area contributed by atoms with Crippen LogP contribution in [-0.2, 0) is 0 Å². The molecule has 0 saturated heterocycles. The van der Waals surface area contributed by atoms with Gasteiger partial charge in [-0.1, -0.05) is 0 Å². The van der Waals surface area contributed by atoms with Crippen molar-refractivity contribution in [1.82, 2.24) is 15.4 Å². The number of nitrogens with one attached hydrogen (secondary N) is 3. The number of hydrazine groups is 1. The molecule has 0 unspecified atom stereocenters. The Morgan fingerprint density at radius 3 is 2.63 bits per heavy atom. The van der Waals surface area contributed by atoms with Crippen LogP contribution in [0.1, 0.15) is 25.7 Å². The molecule has 0 aliphatic heterocycles. The van der Waals surface area contributed by atoms with Crippen LogP contribution >= 0.6 is 0 Å². The normalized spacial score (nSPS) is 19.1. The molecule has 0 aromatic carbocycles. The van der Waals surface area contributed by atoms with Gasteiger partial charge >= 0.3 is 0 Å². The van der Waals surface area contributed by atoms with E-state index in [-0.39, 0.29) is 18.9 Å². The number of rotatable bonds is 4. The highest BCUT2D eigenvalue weighted by Gasteiger charge is 2.34. The monoisotopic (exact) mass is 272 g/mol. The molecule has 1 aromatic rings. The van der Waals surface area contributed by atoms with Crippen molar-refractivity contribution in [3.05, 3.63) is 6.07 Å². The smallest absolute Gasteiger partial charge is 0.248 e. The van der Waals surface area contributed by atoms with Crippen LogP contribution in [0.5, 0.6) is 0 Å². The molecule has 106 valence electrons. The van der Waals surface area contributed by atoms with E-state index in [0.29, 0.717) is 30.4 Å². The van der Waals surface area contributed by atoms with Crippen LogP contribution in [0, 0.1) is 0 Å². The zero-order valence-corrected chi connectivity index (χ0v) is 10.7. The number of hydrogen-bond acceptors (Lipinski definition) is 6. The summed E-state index contributed by atoms with van der Waals surface area (Å²) in [7, 11) is 1.68. The average Bonchev–Trinajstić information content (AvgIpc) is 2.32. The Morgan fingerprint density at radius 2 is 2.00 bits per heavy atom. The number of nitrogens with two attached hydrogens (primary N) is 1. The number of alkyl halides is 2. The Morgan fingerprint density at radius 1 is 1.32 bits per heavy atom. The minimum atomic E-state index is -2.53. The number of hydrogen-bond donors (Lipinski definition) is 4. The Bertz CT molecular complexity index is 429. The third kappa shape index (κ3) is 3.88. The number of nitrogens with zero attached hydrogens (tertiary/aromatic N) is 2. The van der Waals surface area contributed by atoms with E-state index in [2.05, 4.69) is 26.1 Å². The molecule has 1 heterocycles. The van der Waals surface area contributed by atoms with Gasteiger partial charge in [0.25, 0.3) is 0 Å². The first-order chi connectivity index (χ1) is 8.98. The maximum absolute atomic E-state index is 13.1. The molecule has 0 radical (unpaired) electrons. The van der Waals surface area contributed by atoms with Gasteiger partial charge in [-0.2, -0.15) is 9.97 Å². The van der Waals surface area contributed by atoms with E-state index in [1.807, 2.05) is 0 Å². The molecular formula is C11H18F2N6. The van der Waals surface area contributed by atoms with Crippen LogP contribution in [0.4, 0.5) is 26.4 Å². The molecule has 0 spiro atoms. The molecule has 6 nitrogen and oxygen atoms in total. The third-order valence-corrected chi connectivity index (χ3v) is 3.05. The average molecular weight is 272 g/mol. The van der Waals surface area contributed by atoms with E-state index < -0.39 is 5.92 Å². The molecule has 1 saturated carbocycles. The molecule has 1 fully saturated rings. The Hall–Kier alpha value is -1.70. The van der Waals surface area contributed by atoms with Crippen LogP contribution in [-0.4, -0.2) is 29.0 Å². The lowest BCUT2D eigenvalue weighted by Crippen LogP contribution is -2.32. The summed E-state index contributed by atoms with van der Waals surface area (Å²) < 4.78 is 26.1. The predicted molar refractivity (Wildman–Crippen MR) is 70.0 cm³/mol. The van der Waals surface area contributed by atoms with Crippen molar-refractivity contribution in [1.29, 1.82) is 0 Å². The lowest BCUT2D eigenvalue weighted by molar-refractivity contribution is -0.0361. The first-order valence-corrected chi connectivity index (χ1v) is 6.20. The maximum atomic E-state index is 13.1. The van der Waals surface area contributed by atoms with Gasteiger partial charge in [0, 0.05) is 32.0 Å². The van der Waals surface area contributed by atoms with Gasteiger partial charge in [-0.05, 0) is 12.8 Å². The van der Waals surface area contributed by atoms with E-state index in [1.165, 1.54) is 0 Å². The lowest BCUT2D eigenvalue weighted by atomic mass is 9.92. The number of halogens is 2. The fourth-order valence-corrected chi connectivity index (χ4v) is 2.10. The van der Waals surface area contributed by atoms with Crippen LogP contribution in [0.2, 0.25) is 0 Å². The molecule has 0 bridgehead atoms. The third-order valence-electron chi connectivity index (χ3n) is 3.05. The zero-order chi connectivity index (χ0) is 13.9. The number of anilines is 3. The summed E-state index contributed by atoms with van der Waals surface area (Å²) >= 11 is 0. The highest BCUT2D eigenvalue weighted by atomic mass is 19.3. The summed E-state index contributed by atoms with van der Waals surface area (Å²) in [6.07, 6.45) is 0.664. The summed E-state index contributed by atoms with van der Waals surface area (Å²) in [5, 5.41) is 3.13. The van der Waals surface area contributed by atoms with Crippen LogP contribution in [0.25, 0.3) is 0 Å². The van der Waals surface area contributed by atoms with Gasteiger partial charge in [-0.15, -0.1) is 0 Å². The molecule has 1 aliphatic carbocycles. The van der Waals surface area contributed by atoms with Gasteiger partial charge in [0.15, 0.2) is 0 Å². The van der Waals surface area contributed by atoms with Crippen molar-refractivity contribution in [2.75, 3.05) is 23.5 Å². The minimum absolute atomic E-state index is 0.00337. The van der Waals surface area contributed by atoms with E-state index in [1.54, 1.807) is 13.1 Å². The first kappa shape index (κ1) is 13.7. The van der Waals surface area contributed by atoms with Gasteiger partial charge in [-0.3, -0.25) is 5.43 Å². The summed E-state index contributed by atoms with van der Waals surface area (Å²) in [6.45, 7) is 0. The lowest BCUT2D eigenvalue weighted by Gasteiger charge is -2.29. The van der Waals surface area contributed by atoms with Crippen LogP contribution < -0.4 is 21.9 Å². The molecular weight excluding hydrogens is 254 g/mol. The van der Waals surface area contributed by atoms with Gasteiger partial charge in [0.2, 0.25) is 11.9 Å². The summed E-state index contributed by atoms with van der Waals surface area (Å²) in [5.41, 5.74) is 11.1. The molecule has 0 atom stereocenters. The number of nitrogen functional groups attached to an aromatic ring is 1. The van der Waals surface area contributed by atoms with Crippen molar-refractivity contribution in [2.24, 2.45) is 0 Å². The quantitative estimate of drug-likeness (QED) is 0.623. The highest BCUT2D eigenvalue weighted by molar-refractivity contribution is 5.50. The summed E-state index contributed by atoms with van der Waals surface area (Å²) in [4.78, 5) is 8.16. The van der Waals surface area contributed by atoms with Crippen molar-refractivity contribution >= 4 is 17.6 Å². The SMILES string of the molecule is CNNc1nc(N)cc(NC2CCC(F)(F)CC2)n1. The minimum Gasteiger partial charge on any atom is -0.383 e. The maximum Gasteiger partial charge on any atom is 0.248 e. The molecule has 5 N–H and O–H groups in total. The van der Waals surface area contributed by atoms with E-state index >= 15 is 0 Å². The highest BCUT2D eigenvalue weighted by Crippen LogP contribution is 2.34. The molecule has 8 heteroatoms. The Labute approximate surface area is 110 Å². The van der Waals surface area contributed by atoms with Crippen molar-refractivity contribution < 1.29 is 8.78 Å². The van der Waals surface area contributed by atoms with Gasteiger partial charge in [-0.25, -0.2) is 14.2 Å². The second kappa shape index (κ2) is 5.52. The summed E-state index contributed by atoms with van der Waals surface area (Å²) in [6, 6.07) is 1.59. The Kier molecular flexibility index (Phi) is 3.98. The molecule has 19 heavy (non-hydrogen) atoms. The van der Waals surface area contributed by atoms with Gasteiger partial charge < -0.3 is 11.1 Å². The van der Waals surface area contributed by atoms with Crippen molar-refractivity contribution in [3.63, 3.8) is 0 Å². The largest absolute Gasteiger partial charge is 0.383 e. The second-order valence-electron chi connectivity index (χ2n) is 4.65. The van der Waals surface area contributed by atoms with Crippen LogP contribution in [0.3, 0.4) is 0 Å². The van der Waals surface area contributed by atoms with Crippen molar-refractivity contribution in [2.45, 2.75) is 37.6 Å². The number of aromatic nitrogens is 2. The molecule has 1 aliphatic rings. The van der Waals surface area contributed by atoms with Gasteiger partial charge in [0.05, 0.1) is 0 Å². The van der Waals surface area contributed by atoms with Crippen molar-refractivity contribution in [3.8, 4) is 0 Å². The zero-order valence-electron chi connectivity index (χ0n) is 10.7. The standard InChI is InChI=1S/C11H18F2N6/c1-15-19-10-17-8(14)6-9(18-10)16-7-2-4-11(12,13)5-3-7/h6-7,15H,2-5H2,1H3,(H4,14,16,17,18,19). The predicted octanol–water partition coefficient (Wildman–Crippen LogP) is 1.59. The molecule has 0 amide bonds. The molecule has 2 rings (SSSR count). The van der Waals surface area contributed by atoms with E-state index in [4.69, 9.17) is 5.73 Å². The fourth-order valence-electron chi connectivity index (χ4n) is 2.10. The molecule has 1 aromatic heterocycles. The fraction of sp³-hybridized carbons (Fsp3) is 0.636. The van der Waals surface area contributed by atoms with Crippen LogP contribution in [0.15, 0.2) is 6.07 Å². The van der Waals surface area contributed by atoms with E-state index in [9.17, 15) is 8.78 Å². The van der Waals surface area contributed by atoms with Gasteiger partial charge in [0.1, 0.15) is 11.6 Å². The van der Waals surface area contributed by atoms with E-state index in [0.717, 1.165) is 0 Å². The summed E-state index contributed by atoms with van der Waals surface area (Å²) in [5.74, 6) is -1.33. The first-order valence-electron chi connectivity index (χ1n) is 6.20. The second-order valence-corrected chi connectivity index (χ2v) is 4.65. The Balaban J connectivity index is 1.99. The topological polar surface area (TPSA) is 87.9 Å².